The molecule has 1 fully saturated rings. The minimum absolute atomic E-state index is 0.0419. The van der Waals surface area contributed by atoms with Gasteiger partial charge in [0.1, 0.15) is 5.56 Å². The zero-order valence-electron chi connectivity index (χ0n) is 16.1. The predicted octanol–water partition coefficient (Wildman–Crippen LogP) is 3.85. The molecule has 5 rings (SSSR count). The third kappa shape index (κ3) is 2.59. The van der Waals surface area contributed by atoms with Crippen molar-refractivity contribution in [1.82, 2.24) is 24.5 Å². The van der Waals surface area contributed by atoms with Gasteiger partial charge in [0.05, 0.1) is 5.69 Å². The fraction of sp³-hybridized carbons (Fsp3) is 0.318. The molecule has 0 spiro atoms. The van der Waals surface area contributed by atoms with Gasteiger partial charge < -0.3 is 9.88 Å². The van der Waals surface area contributed by atoms with Crippen molar-refractivity contribution in [1.29, 1.82) is 0 Å². The number of para-hydroxylation sites is 1. The summed E-state index contributed by atoms with van der Waals surface area (Å²) in [5.74, 6) is 0.517. The maximum absolute atomic E-state index is 13.2. The first kappa shape index (κ1) is 17.0. The van der Waals surface area contributed by atoms with E-state index < -0.39 is 0 Å². The molecule has 1 aliphatic heterocycles. The number of nitrogens with zero attached hydrogens (tertiary/aromatic N) is 4. The van der Waals surface area contributed by atoms with Crippen LogP contribution >= 0.6 is 0 Å². The van der Waals surface area contributed by atoms with Crippen LogP contribution in [0.15, 0.2) is 42.7 Å². The Kier molecular flexibility index (Phi) is 3.93. The van der Waals surface area contributed by atoms with Gasteiger partial charge in [-0.3, -0.25) is 4.79 Å². The second-order valence-electron chi connectivity index (χ2n) is 7.62. The minimum Gasteiger partial charge on any atom is -0.358 e. The van der Waals surface area contributed by atoms with Gasteiger partial charge in [-0.05, 0) is 50.3 Å². The smallest absolute Gasteiger partial charge is 0.259 e. The molecule has 3 aromatic heterocycles. The molecule has 6 nitrogen and oxygen atoms in total. The number of likely N-dealkylation sites (tertiary alicyclic amines) is 1. The average Bonchev–Trinajstić information content (AvgIpc) is 3.22. The molecule has 28 heavy (non-hydrogen) atoms. The fourth-order valence-electron chi connectivity index (χ4n) is 4.60. The van der Waals surface area contributed by atoms with Gasteiger partial charge >= 0.3 is 0 Å². The zero-order valence-corrected chi connectivity index (χ0v) is 16.1. The van der Waals surface area contributed by atoms with Gasteiger partial charge in [0, 0.05) is 42.1 Å². The molecule has 0 radical (unpaired) electrons. The van der Waals surface area contributed by atoms with Crippen LogP contribution in [0, 0.1) is 13.8 Å². The number of nitrogens with one attached hydrogen (secondary N) is 1. The summed E-state index contributed by atoms with van der Waals surface area (Å²) in [6.07, 6.45) is 5.48. The Morgan fingerprint density at radius 1 is 1.14 bits per heavy atom. The molecule has 0 bridgehead atoms. The molecule has 4 heterocycles. The molecule has 0 saturated carbocycles. The van der Waals surface area contributed by atoms with Crippen LogP contribution in [-0.2, 0) is 0 Å². The van der Waals surface area contributed by atoms with E-state index in [4.69, 9.17) is 0 Å². The predicted molar refractivity (Wildman–Crippen MR) is 109 cm³/mol. The van der Waals surface area contributed by atoms with E-state index in [1.807, 2.05) is 24.1 Å². The number of fused-ring (bicyclic) bond motifs is 2. The number of aromatic nitrogens is 4. The second-order valence-corrected chi connectivity index (χ2v) is 7.62. The molecule has 0 unspecified atom stereocenters. The van der Waals surface area contributed by atoms with Gasteiger partial charge in [-0.15, -0.1) is 0 Å². The van der Waals surface area contributed by atoms with Gasteiger partial charge in [0.15, 0.2) is 5.65 Å². The van der Waals surface area contributed by atoms with E-state index in [1.54, 1.807) is 10.7 Å². The van der Waals surface area contributed by atoms with Crippen LogP contribution in [0.25, 0.3) is 16.6 Å². The lowest BCUT2D eigenvalue weighted by molar-refractivity contribution is 0.0714. The van der Waals surface area contributed by atoms with E-state index in [0.717, 1.165) is 31.6 Å². The van der Waals surface area contributed by atoms with E-state index in [9.17, 15) is 4.79 Å². The number of aryl methyl sites for hydroxylation is 2. The van der Waals surface area contributed by atoms with Gasteiger partial charge in [-0.25, -0.2) is 9.50 Å². The Morgan fingerprint density at radius 3 is 2.75 bits per heavy atom. The van der Waals surface area contributed by atoms with Crippen molar-refractivity contribution in [2.75, 3.05) is 13.1 Å². The minimum atomic E-state index is 0.0419. The van der Waals surface area contributed by atoms with Crippen LogP contribution in [0.2, 0.25) is 0 Å². The highest BCUT2D eigenvalue weighted by atomic mass is 16.2. The van der Waals surface area contributed by atoms with E-state index in [0.29, 0.717) is 17.1 Å². The Morgan fingerprint density at radius 2 is 1.93 bits per heavy atom. The molecule has 1 aromatic carbocycles. The summed E-state index contributed by atoms with van der Waals surface area (Å²) < 4.78 is 1.69. The van der Waals surface area contributed by atoms with Gasteiger partial charge in [-0.1, -0.05) is 18.2 Å². The number of hydrogen-bond donors (Lipinski definition) is 1. The van der Waals surface area contributed by atoms with E-state index in [-0.39, 0.29) is 5.91 Å². The third-order valence-corrected chi connectivity index (χ3v) is 5.92. The lowest BCUT2D eigenvalue weighted by atomic mass is 9.87. The number of aromatic amines is 1. The summed E-state index contributed by atoms with van der Waals surface area (Å²) in [6, 6.07) is 10.3. The number of benzene rings is 1. The molecule has 1 saturated heterocycles. The summed E-state index contributed by atoms with van der Waals surface area (Å²) in [7, 11) is 0. The molecule has 142 valence electrons. The molecule has 0 aliphatic carbocycles. The highest BCUT2D eigenvalue weighted by Gasteiger charge is 2.29. The first-order valence-electron chi connectivity index (χ1n) is 9.80. The lowest BCUT2D eigenvalue weighted by Crippen LogP contribution is -2.38. The normalized spacial score (nSPS) is 15.6. The maximum Gasteiger partial charge on any atom is 0.259 e. The van der Waals surface area contributed by atoms with Gasteiger partial charge in [0.2, 0.25) is 0 Å². The van der Waals surface area contributed by atoms with E-state index >= 15 is 0 Å². The topological polar surface area (TPSA) is 66.3 Å². The van der Waals surface area contributed by atoms with Crippen LogP contribution in [0.3, 0.4) is 0 Å². The monoisotopic (exact) mass is 373 g/mol. The summed E-state index contributed by atoms with van der Waals surface area (Å²) >= 11 is 0. The number of H-pyrrole nitrogens is 1. The Hall–Kier alpha value is -3.15. The molecular formula is C22H23N5O. The largest absolute Gasteiger partial charge is 0.358 e. The number of carbonyl (C=O) groups is 1. The number of piperidine rings is 1. The highest BCUT2D eigenvalue weighted by Crippen LogP contribution is 2.36. The first-order chi connectivity index (χ1) is 13.6. The molecule has 1 N–H and O–H groups in total. The second kappa shape index (κ2) is 6.48. The highest BCUT2D eigenvalue weighted by molar-refractivity contribution is 6.01. The summed E-state index contributed by atoms with van der Waals surface area (Å²) in [5.41, 5.74) is 5.85. The number of hydrogen-bond acceptors (Lipinski definition) is 3. The van der Waals surface area contributed by atoms with Crippen molar-refractivity contribution in [3.63, 3.8) is 0 Å². The average molecular weight is 373 g/mol. The first-order valence-corrected chi connectivity index (χ1v) is 9.80. The number of carbonyl (C=O) groups excluding carboxylic acids is 1. The Bertz CT molecular complexity index is 1180. The van der Waals surface area contributed by atoms with Crippen molar-refractivity contribution in [2.45, 2.75) is 32.6 Å². The molecule has 6 heteroatoms. The van der Waals surface area contributed by atoms with E-state index in [2.05, 4.69) is 46.3 Å². The Labute approximate surface area is 163 Å². The standard InChI is InChI=1S/C22H23N5O/c1-14-19(17-6-3-4-7-18(17)24-14)16-8-12-26(13-9-16)22(28)20-15(2)25-27-11-5-10-23-21(20)27/h3-7,10-11,16,24H,8-9,12-13H2,1-2H3. The van der Waals surface area contributed by atoms with E-state index in [1.165, 1.54) is 22.2 Å². The molecule has 1 aliphatic rings. The van der Waals surface area contributed by atoms with Crippen LogP contribution in [0.1, 0.15) is 46.1 Å². The van der Waals surface area contributed by atoms with Crippen LogP contribution < -0.4 is 0 Å². The van der Waals surface area contributed by atoms with Crippen molar-refractivity contribution in [3.8, 4) is 0 Å². The molecule has 1 amide bonds. The van der Waals surface area contributed by atoms with Crippen molar-refractivity contribution >= 4 is 22.5 Å². The Balaban J connectivity index is 1.39. The molecule has 4 aromatic rings. The third-order valence-electron chi connectivity index (χ3n) is 5.92. The van der Waals surface area contributed by atoms with Crippen LogP contribution in [-0.4, -0.2) is 43.5 Å². The van der Waals surface area contributed by atoms with Gasteiger partial charge in [0.25, 0.3) is 5.91 Å². The molecule has 0 atom stereocenters. The number of amides is 1. The van der Waals surface area contributed by atoms with Crippen molar-refractivity contribution in [2.24, 2.45) is 0 Å². The summed E-state index contributed by atoms with van der Waals surface area (Å²) in [4.78, 5) is 23.0. The lowest BCUT2D eigenvalue weighted by Gasteiger charge is -2.32. The zero-order chi connectivity index (χ0) is 19.3. The van der Waals surface area contributed by atoms with Crippen LogP contribution in [0.4, 0.5) is 0 Å². The van der Waals surface area contributed by atoms with Crippen LogP contribution in [0.5, 0.6) is 0 Å². The summed E-state index contributed by atoms with van der Waals surface area (Å²) in [5, 5.41) is 5.75. The molecular weight excluding hydrogens is 350 g/mol. The number of rotatable bonds is 2. The van der Waals surface area contributed by atoms with Crippen molar-refractivity contribution < 1.29 is 4.79 Å². The SMILES string of the molecule is Cc1nn2cccnc2c1C(=O)N1CCC(c2c(C)[nH]c3ccccc23)CC1. The van der Waals surface area contributed by atoms with Gasteiger partial charge in [-0.2, -0.15) is 5.10 Å². The maximum atomic E-state index is 13.2. The quantitative estimate of drug-likeness (QED) is 0.580. The summed E-state index contributed by atoms with van der Waals surface area (Å²) in [6.45, 7) is 5.54. The van der Waals surface area contributed by atoms with Crippen molar-refractivity contribution in [3.05, 3.63) is 65.2 Å². The fourth-order valence-corrected chi connectivity index (χ4v) is 4.60.